The molecule has 0 aliphatic carbocycles. The molecule has 1 saturated heterocycles. The number of carbonyl (C=O) groups is 1. The molecule has 0 spiro atoms. The van der Waals surface area contributed by atoms with E-state index in [1.165, 1.54) is 6.26 Å². The zero-order valence-corrected chi connectivity index (χ0v) is 21.0. The Balaban J connectivity index is 1.55. The summed E-state index contributed by atoms with van der Waals surface area (Å²) in [5, 5.41) is 2.79. The van der Waals surface area contributed by atoms with Gasteiger partial charge in [0.05, 0.1) is 17.5 Å². The molecule has 1 amide bonds. The van der Waals surface area contributed by atoms with Gasteiger partial charge in [0.2, 0.25) is 0 Å². The van der Waals surface area contributed by atoms with Crippen LogP contribution < -0.4 is 5.32 Å². The SMILES string of the molecule is CC(C)(C)OC(=O)N[C@H]1C[C@@H](N2Cc3ccc(S(C)(=O)=O)cc3C2)CO[C@@H]1c1cc(F)ccc1F. The molecule has 0 aromatic heterocycles. The highest BCUT2D eigenvalue weighted by Gasteiger charge is 2.39. The molecule has 0 bridgehead atoms. The number of fused-ring (bicyclic) bond motifs is 1. The average molecular weight is 509 g/mol. The smallest absolute Gasteiger partial charge is 0.407 e. The van der Waals surface area contributed by atoms with E-state index in [2.05, 4.69) is 10.2 Å². The van der Waals surface area contributed by atoms with Crippen molar-refractivity contribution >= 4 is 15.9 Å². The molecule has 0 saturated carbocycles. The molecule has 3 atom stereocenters. The Morgan fingerprint density at radius 2 is 1.83 bits per heavy atom. The Labute approximate surface area is 204 Å². The number of nitrogens with one attached hydrogen (secondary N) is 1. The minimum absolute atomic E-state index is 0.0343. The fourth-order valence-electron chi connectivity index (χ4n) is 4.59. The third kappa shape index (κ3) is 5.99. The molecule has 4 rings (SSSR count). The summed E-state index contributed by atoms with van der Waals surface area (Å²) in [5.41, 5.74) is 1.24. The minimum Gasteiger partial charge on any atom is -0.444 e. The number of benzene rings is 2. The predicted molar refractivity (Wildman–Crippen MR) is 125 cm³/mol. The molecule has 0 unspecified atom stereocenters. The second kappa shape index (κ2) is 9.48. The molecule has 35 heavy (non-hydrogen) atoms. The Bertz CT molecular complexity index is 1230. The Morgan fingerprint density at radius 1 is 1.11 bits per heavy atom. The van der Waals surface area contributed by atoms with Gasteiger partial charge < -0.3 is 14.8 Å². The summed E-state index contributed by atoms with van der Waals surface area (Å²) in [6.45, 7) is 6.56. The topological polar surface area (TPSA) is 84.9 Å². The fourth-order valence-corrected chi connectivity index (χ4v) is 5.26. The minimum atomic E-state index is -3.32. The maximum Gasteiger partial charge on any atom is 0.407 e. The lowest BCUT2D eigenvalue weighted by Crippen LogP contribution is -2.52. The summed E-state index contributed by atoms with van der Waals surface area (Å²) in [4.78, 5) is 15.0. The van der Waals surface area contributed by atoms with Crippen LogP contribution in [0.5, 0.6) is 0 Å². The molecule has 2 aromatic carbocycles. The van der Waals surface area contributed by atoms with Crippen molar-refractivity contribution in [2.45, 2.75) is 69.0 Å². The molecular formula is C25H30F2N2O5S. The quantitative estimate of drug-likeness (QED) is 0.669. The molecular weight excluding hydrogens is 478 g/mol. The van der Waals surface area contributed by atoms with Gasteiger partial charge in [-0.05, 0) is 68.7 Å². The van der Waals surface area contributed by atoms with E-state index >= 15 is 0 Å². The van der Waals surface area contributed by atoms with E-state index in [-0.39, 0.29) is 23.1 Å². The van der Waals surface area contributed by atoms with Gasteiger partial charge >= 0.3 is 6.09 Å². The second-order valence-corrected chi connectivity index (χ2v) is 12.2. The standard InChI is InChI=1S/C25H30F2N2O5S/c1-25(2,3)34-24(30)28-22-11-18(14-33-23(22)20-10-17(26)6-8-21(20)27)29-12-15-5-7-19(35(4,31)32)9-16(15)13-29/h5-10,18,22-23H,11-14H2,1-4H3,(H,28,30)/t18-,22+,23-/m1/s1. The van der Waals surface area contributed by atoms with Gasteiger partial charge in [0.15, 0.2) is 9.84 Å². The van der Waals surface area contributed by atoms with Gasteiger partial charge in [0, 0.05) is 31.0 Å². The number of alkyl carbamates (subject to hydrolysis) is 1. The van der Waals surface area contributed by atoms with Crippen LogP contribution in [-0.2, 0) is 32.4 Å². The molecule has 10 heteroatoms. The highest BCUT2D eigenvalue weighted by Crippen LogP contribution is 2.36. The van der Waals surface area contributed by atoms with Gasteiger partial charge in [-0.2, -0.15) is 0 Å². The molecule has 190 valence electrons. The van der Waals surface area contributed by atoms with Crippen LogP contribution in [0.25, 0.3) is 0 Å². The summed E-state index contributed by atoms with van der Waals surface area (Å²) in [6, 6.07) is 7.46. The molecule has 1 N–H and O–H groups in total. The van der Waals surface area contributed by atoms with E-state index in [0.29, 0.717) is 19.5 Å². The van der Waals surface area contributed by atoms with Crippen molar-refractivity contribution in [3.05, 3.63) is 64.7 Å². The van der Waals surface area contributed by atoms with Gasteiger partial charge in [-0.3, -0.25) is 4.90 Å². The average Bonchev–Trinajstić information content (AvgIpc) is 3.17. The molecule has 1 fully saturated rings. The largest absolute Gasteiger partial charge is 0.444 e. The highest BCUT2D eigenvalue weighted by molar-refractivity contribution is 7.90. The number of hydrogen-bond donors (Lipinski definition) is 1. The van der Waals surface area contributed by atoms with Gasteiger partial charge in [-0.25, -0.2) is 22.0 Å². The predicted octanol–water partition coefficient (Wildman–Crippen LogP) is 4.11. The number of rotatable bonds is 4. The van der Waals surface area contributed by atoms with E-state index in [4.69, 9.17) is 9.47 Å². The van der Waals surface area contributed by atoms with Crippen LogP contribution in [0.1, 0.15) is 50.0 Å². The van der Waals surface area contributed by atoms with Crippen LogP contribution in [-0.4, -0.2) is 50.0 Å². The van der Waals surface area contributed by atoms with Crippen molar-refractivity contribution in [2.75, 3.05) is 12.9 Å². The molecule has 2 heterocycles. The monoisotopic (exact) mass is 508 g/mol. The number of ether oxygens (including phenoxy) is 2. The highest BCUT2D eigenvalue weighted by atomic mass is 32.2. The second-order valence-electron chi connectivity index (χ2n) is 10.2. The first-order valence-electron chi connectivity index (χ1n) is 11.4. The van der Waals surface area contributed by atoms with Crippen LogP contribution in [0.3, 0.4) is 0 Å². The number of amides is 1. The number of sulfone groups is 1. The first kappa shape index (κ1) is 25.5. The van der Waals surface area contributed by atoms with Gasteiger partial charge in [-0.1, -0.05) is 6.07 Å². The van der Waals surface area contributed by atoms with Crippen molar-refractivity contribution in [3.63, 3.8) is 0 Å². The third-order valence-corrected chi connectivity index (χ3v) is 7.31. The number of hydrogen-bond acceptors (Lipinski definition) is 6. The molecule has 2 aliphatic heterocycles. The number of halogens is 2. The van der Waals surface area contributed by atoms with Crippen molar-refractivity contribution in [3.8, 4) is 0 Å². The number of nitrogens with zero attached hydrogens (tertiary/aromatic N) is 1. The van der Waals surface area contributed by atoms with Crippen molar-refractivity contribution < 1.29 is 31.5 Å². The Hall–Kier alpha value is -2.56. The van der Waals surface area contributed by atoms with E-state index in [9.17, 15) is 22.0 Å². The van der Waals surface area contributed by atoms with Crippen LogP contribution in [0.4, 0.5) is 13.6 Å². The Morgan fingerprint density at radius 3 is 2.51 bits per heavy atom. The Kier molecular flexibility index (Phi) is 6.91. The summed E-state index contributed by atoms with van der Waals surface area (Å²) >= 11 is 0. The molecule has 0 radical (unpaired) electrons. The summed E-state index contributed by atoms with van der Waals surface area (Å²) in [6.07, 6.45) is 0.0225. The van der Waals surface area contributed by atoms with E-state index in [1.54, 1.807) is 32.9 Å². The zero-order chi connectivity index (χ0) is 25.5. The van der Waals surface area contributed by atoms with Crippen LogP contribution in [0.2, 0.25) is 0 Å². The van der Waals surface area contributed by atoms with Crippen molar-refractivity contribution in [1.82, 2.24) is 10.2 Å². The van der Waals surface area contributed by atoms with E-state index in [1.807, 2.05) is 6.07 Å². The maximum atomic E-state index is 14.6. The first-order chi connectivity index (χ1) is 16.3. The van der Waals surface area contributed by atoms with Gasteiger partial charge in [0.1, 0.15) is 23.3 Å². The molecule has 7 nitrogen and oxygen atoms in total. The third-order valence-electron chi connectivity index (χ3n) is 6.20. The van der Waals surface area contributed by atoms with Crippen LogP contribution in [0, 0.1) is 11.6 Å². The zero-order valence-electron chi connectivity index (χ0n) is 20.2. The van der Waals surface area contributed by atoms with Gasteiger partial charge in [-0.15, -0.1) is 0 Å². The van der Waals surface area contributed by atoms with E-state index in [0.717, 1.165) is 29.3 Å². The van der Waals surface area contributed by atoms with Crippen LogP contribution in [0.15, 0.2) is 41.3 Å². The molecule has 2 aliphatic rings. The fraction of sp³-hybridized carbons (Fsp3) is 0.480. The lowest BCUT2D eigenvalue weighted by molar-refractivity contribution is -0.0627. The molecule has 2 aromatic rings. The van der Waals surface area contributed by atoms with Gasteiger partial charge in [0.25, 0.3) is 0 Å². The number of carbonyl (C=O) groups excluding carboxylic acids is 1. The normalized spacial score (nSPS) is 23.1. The van der Waals surface area contributed by atoms with Crippen molar-refractivity contribution in [2.24, 2.45) is 0 Å². The van der Waals surface area contributed by atoms with Crippen LogP contribution >= 0.6 is 0 Å². The summed E-state index contributed by atoms with van der Waals surface area (Å²) in [5.74, 6) is -1.22. The first-order valence-corrected chi connectivity index (χ1v) is 13.3. The van der Waals surface area contributed by atoms with E-state index < -0.39 is 45.3 Å². The maximum absolute atomic E-state index is 14.6. The lowest BCUT2D eigenvalue weighted by atomic mass is 9.92. The lowest BCUT2D eigenvalue weighted by Gasteiger charge is -2.40. The van der Waals surface area contributed by atoms with Crippen molar-refractivity contribution in [1.29, 1.82) is 0 Å². The summed E-state index contributed by atoms with van der Waals surface area (Å²) < 4.78 is 63.8. The summed E-state index contributed by atoms with van der Waals surface area (Å²) in [7, 11) is -3.32.